The maximum atomic E-state index is 12.2. The van der Waals surface area contributed by atoms with Crippen molar-refractivity contribution in [1.29, 1.82) is 0 Å². The van der Waals surface area contributed by atoms with Gasteiger partial charge in [-0.05, 0) is 19.4 Å². The summed E-state index contributed by atoms with van der Waals surface area (Å²) in [4.78, 5) is 0. The van der Waals surface area contributed by atoms with E-state index in [4.69, 9.17) is 0 Å². The van der Waals surface area contributed by atoms with E-state index in [1.807, 2.05) is 0 Å². The number of halogens is 9. The lowest BCUT2D eigenvalue weighted by molar-refractivity contribution is -0.697. The third-order valence-corrected chi connectivity index (χ3v) is 4.59. The highest BCUT2D eigenvalue weighted by molar-refractivity contribution is 7.86. The molecule has 0 spiro atoms. The summed E-state index contributed by atoms with van der Waals surface area (Å²) in [6.07, 6.45) is 2.56. The maximum absolute atomic E-state index is 12.2. The van der Waals surface area contributed by atoms with Crippen molar-refractivity contribution < 1.29 is 57.1 Å². The summed E-state index contributed by atoms with van der Waals surface area (Å²) in [5, 5.41) is -7.11. The maximum Gasteiger partial charge on any atom is 0.460 e. The summed E-state index contributed by atoms with van der Waals surface area (Å²) in [7, 11) is -7.42. The monoisotopic (exact) mass is 477 g/mol. The van der Waals surface area contributed by atoms with Gasteiger partial charge in [-0.25, -0.2) is 13.0 Å². The highest BCUT2D eigenvalue weighted by Gasteiger charge is 2.83. The van der Waals surface area contributed by atoms with Crippen LogP contribution >= 0.6 is 0 Å². The van der Waals surface area contributed by atoms with Crippen molar-refractivity contribution >= 4 is 10.1 Å². The van der Waals surface area contributed by atoms with E-state index in [0.717, 1.165) is 0 Å². The van der Waals surface area contributed by atoms with Crippen molar-refractivity contribution in [2.45, 2.75) is 69.4 Å². The molecule has 0 N–H and O–H groups in total. The molecule has 0 saturated carbocycles. The summed E-state index contributed by atoms with van der Waals surface area (Å²) < 4.78 is 138. The number of aryl methyl sites for hydroxylation is 2. The molecular weight excluding hydrogens is 457 g/mol. The molecule has 0 saturated heterocycles. The first-order chi connectivity index (χ1) is 13.3. The van der Waals surface area contributed by atoms with E-state index in [9.17, 15) is 52.5 Å². The van der Waals surface area contributed by atoms with Gasteiger partial charge in [0.15, 0.2) is 22.5 Å². The summed E-state index contributed by atoms with van der Waals surface area (Å²) >= 11 is 0. The topological polar surface area (TPSA) is 61.1 Å². The van der Waals surface area contributed by atoms with Crippen molar-refractivity contribution in [2.75, 3.05) is 0 Å². The molecule has 0 aliphatic heterocycles. The second-order valence-corrected chi connectivity index (χ2v) is 7.72. The van der Waals surface area contributed by atoms with Crippen LogP contribution in [0.1, 0.15) is 38.2 Å². The fourth-order valence-electron chi connectivity index (χ4n) is 2.03. The zero-order chi connectivity index (χ0) is 24.0. The second kappa shape index (κ2) is 10.2. The molecule has 176 valence electrons. The average molecular weight is 477 g/mol. The molecule has 0 bridgehead atoms. The minimum Gasteiger partial charge on any atom is -0.743 e. The number of nitrogens with zero attached hydrogens (tertiary/aromatic N) is 1. The largest absolute Gasteiger partial charge is 0.743 e. The minimum absolute atomic E-state index is 1.17. The number of rotatable bonds is 8. The molecule has 1 heterocycles. The van der Waals surface area contributed by atoms with E-state index in [1.165, 1.54) is 37.8 Å². The fourth-order valence-corrected chi connectivity index (χ4v) is 2.47. The lowest BCUT2D eigenvalue weighted by atomic mass is 10.1. The average Bonchev–Trinajstić information content (AvgIpc) is 2.57. The second-order valence-electron chi connectivity index (χ2n) is 6.30. The first kappa shape index (κ1) is 28.4. The van der Waals surface area contributed by atoms with Gasteiger partial charge in [0.2, 0.25) is 0 Å². The smallest absolute Gasteiger partial charge is 0.460 e. The number of alkyl halides is 9. The van der Waals surface area contributed by atoms with Crippen molar-refractivity contribution in [1.82, 2.24) is 0 Å². The quantitative estimate of drug-likeness (QED) is 0.234. The van der Waals surface area contributed by atoms with Crippen LogP contribution in [0.3, 0.4) is 0 Å². The summed E-state index contributed by atoms with van der Waals surface area (Å²) in [5.41, 5.74) is 1.35. The Labute approximate surface area is 167 Å². The lowest BCUT2D eigenvalue weighted by Crippen LogP contribution is -2.63. The summed E-state index contributed by atoms with van der Waals surface area (Å²) in [5.74, 6) is -14.8. The SMILES string of the molecule is CCCCCC[n+]1cccc(C)c1.O=S(=O)([O-])C(F)(F)C(F)(F)C(F)(F)C(F)(F)F. The molecule has 0 amide bonds. The molecule has 14 heteroatoms. The Balaban J connectivity index is 0.000000579. The molecule has 0 fully saturated rings. The predicted octanol–water partition coefficient (Wildman–Crippen LogP) is 4.82. The zero-order valence-corrected chi connectivity index (χ0v) is 16.6. The molecule has 0 aromatic carbocycles. The Hall–Kier alpha value is -1.57. The standard InChI is InChI=1S/C12H20N.C4HF9O3S/c1-3-4-5-6-9-13-10-7-8-12(2)11-13;5-1(6,3(9,10)11)2(7,8)4(12,13)17(14,15)16/h7-8,10-11H,3-6,9H2,1-2H3;(H,14,15,16)/q+1;/p-1. The van der Waals surface area contributed by atoms with Crippen LogP contribution in [0.25, 0.3) is 0 Å². The highest BCUT2D eigenvalue weighted by atomic mass is 32.2. The van der Waals surface area contributed by atoms with Crippen LogP contribution in [0.5, 0.6) is 0 Å². The van der Waals surface area contributed by atoms with Crippen molar-refractivity contribution in [3.63, 3.8) is 0 Å². The third kappa shape index (κ3) is 6.72. The molecular formula is C16H20F9NO3S. The van der Waals surface area contributed by atoms with E-state index in [-0.39, 0.29) is 0 Å². The molecule has 0 radical (unpaired) electrons. The van der Waals surface area contributed by atoms with Gasteiger partial charge in [0.05, 0.1) is 0 Å². The Morgan fingerprint density at radius 2 is 1.47 bits per heavy atom. The van der Waals surface area contributed by atoms with Gasteiger partial charge in [0.25, 0.3) is 0 Å². The van der Waals surface area contributed by atoms with E-state index >= 15 is 0 Å². The number of unbranched alkanes of at least 4 members (excludes halogenated alkanes) is 3. The van der Waals surface area contributed by atoms with Crippen LogP contribution in [-0.4, -0.2) is 36.2 Å². The van der Waals surface area contributed by atoms with Crippen LogP contribution in [0.15, 0.2) is 24.5 Å². The van der Waals surface area contributed by atoms with Crippen LogP contribution in [0.2, 0.25) is 0 Å². The van der Waals surface area contributed by atoms with Gasteiger partial charge < -0.3 is 4.55 Å². The zero-order valence-electron chi connectivity index (χ0n) is 15.8. The first-order valence-electron chi connectivity index (χ1n) is 8.44. The number of aromatic nitrogens is 1. The minimum atomic E-state index is -7.43. The van der Waals surface area contributed by atoms with Gasteiger partial charge >= 0.3 is 23.3 Å². The molecule has 1 aromatic heterocycles. The molecule has 30 heavy (non-hydrogen) atoms. The van der Waals surface area contributed by atoms with Crippen LogP contribution < -0.4 is 4.57 Å². The van der Waals surface area contributed by atoms with Gasteiger partial charge in [0, 0.05) is 18.1 Å². The summed E-state index contributed by atoms with van der Waals surface area (Å²) in [6, 6.07) is 4.26. The van der Waals surface area contributed by atoms with Crippen LogP contribution in [0, 0.1) is 6.92 Å². The number of pyridine rings is 1. The highest BCUT2D eigenvalue weighted by Crippen LogP contribution is 2.54. The molecule has 4 nitrogen and oxygen atoms in total. The van der Waals surface area contributed by atoms with Gasteiger partial charge in [-0.1, -0.05) is 19.8 Å². The molecule has 1 aromatic rings. The fraction of sp³-hybridized carbons (Fsp3) is 0.688. The molecule has 0 aliphatic rings. The van der Waals surface area contributed by atoms with E-state index < -0.39 is 33.4 Å². The molecule has 1 rings (SSSR count). The predicted molar refractivity (Wildman–Crippen MR) is 86.1 cm³/mol. The van der Waals surface area contributed by atoms with Gasteiger partial charge in [-0.15, -0.1) is 0 Å². The molecule has 0 aliphatic carbocycles. The molecule has 0 atom stereocenters. The van der Waals surface area contributed by atoms with E-state index in [2.05, 4.69) is 42.9 Å². The lowest BCUT2D eigenvalue weighted by Gasteiger charge is -2.34. The Bertz CT molecular complexity index is 780. The number of hydrogen-bond acceptors (Lipinski definition) is 3. The van der Waals surface area contributed by atoms with Crippen LogP contribution in [0.4, 0.5) is 39.5 Å². The van der Waals surface area contributed by atoms with Crippen molar-refractivity contribution in [3.05, 3.63) is 30.1 Å². The van der Waals surface area contributed by atoms with Crippen molar-refractivity contribution in [2.24, 2.45) is 0 Å². The Morgan fingerprint density at radius 1 is 0.933 bits per heavy atom. The van der Waals surface area contributed by atoms with Gasteiger partial charge in [-0.3, -0.25) is 0 Å². The Morgan fingerprint density at radius 3 is 1.87 bits per heavy atom. The van der Waals surface area contributed by atoms with Crippen molar-refractivity contribution in [3.8, 4) is 0 Å². The van der Waals surface area contributed by atoms with E-state index in [1.54, 1.807) is 0 Å². The third-order valence-electron chi connectivity index (χ3n) is 3.71. The van der Waals surface area contributed by atoms with E-state index in [0.29, 0.717) is 0 Å². The van der Waals surface area contributed by atoms with Gasteiger partial charge in [0.1, 0.15) is 6.54 Å². The molecule has 0 unspecified atom stereocenters. The summed E-state index contributed by atoms with van der Waals surface area (Å²) in [6.45, 7) is 5.56. The van der Waals surface area contributed by atoms with Crippen LogP contribution in [-0.2, 0) is 16.7 Å². The first-order valence-corrected chi connectivity index (χ1v) is 9.85. The normalized spacial score (nSPS) is 13.6. The van der Waals surface area contributed by atoms with Gasteiger partial charge in [-0.2, -0.15) is 39.5 Å². The Kier molecular flexibility index (Phi) is 9.63. The number of hydrogen-bond donors (Lipinski definition) is 0.